The molecule has 0 atom stereocenters. The van der Waals surface area contributed by atoms with Crippen LogP contribution in [0, 0.1) is 0 Å². The van der Waals surface area contributed by atoms with E-state index in [9.17, 15) is 0 Å². The van der Waals surface area contributed by atoms with Gasteiger partial charge in [-0.25, -0.2) is 4.98 Å². The zero-order valence-corrected chi connectivity index (χ0v) is 9.60. The van der Waals surface area contributed by atoms with Gasteiger partial charge in [-0.1, -0.05) is 11.6 Å². The minimum atomic E-state index is 0. The van der Waals surface area contributed by atoms with Crippen LogP contribution in [0.5, 0.6) is 0 Å². The van der Waals surface area contributed by atoms with Crippen molar-refractivity contribution in [2.45, 2.75) is 6.54 Å². The Morgan fingerprint density at radius 2 is 1.92 bits per heavy atom. The highest BCUT2D eigenvalue weighted by molar-refractivity contribution is 6.29. The summed E-state index contributed by atoms with van der Waals surface area (Å²) in [5.74, 6) is 0. The van der Waals surface area contributed by atoms with Crippen molar-refractivity contribution < 1.29 is 16.9 Å². The molecule has 1 aromatic heterocycles. The second kappa shape index (κ2) is 4.80. The van der Waals surface area contributed by atoms with Crippen LogP contribution < -0.4 is 12.4 Å². The molecule has 4 heteroatoms. The largest absolute Gasteiger partial charge is 1.00 e. The van der Waals surface area contributed by atoms with Gasteiger partial charge in [0.15, 0.2) is 0 Å². The minimum Gasteiger partial charge on any atom is -1.00 e. The summed E-state index contributed by atoms with van der Waals surface area (Å²) < 4.78 is 0.906. The number of hydrogen-bond acceptors (Lipinski definition) is 1. The Morgan fingerprint density at radius 3 is 2.31 bits per heavy atom. The van der Waals surface area contributed by atoms with Crippen LogP contribution in [0.2, 0.25) is 5.15 Å². The van der Waals surface area contributed by atoms with Gasteiger partial charge in [0.25, 0.3) is 0 Å². The Hall–Kier alpha value is -0.310. The highest BCUT2D eigenvalue weighted by atomic mass is 35.5. The maximum Gasteiger partial charge on any atom is 0.129 e. The fraction of sp³-hybridized carbons (Fsp3) is 0.444. The second-order valence-electron chi connectivity index (χ2n) is 3.94. The van der Waals surface area contributed by atoms with E-state index >= 15 is 0 Å². The van der Waals surface area contributed by atoms with Crippen LogP contribution in [0.15, 0.2) is 18.3 Å². The molecule has 0 aliphatic rings. The molecule has 2 nitrogen and oxygen atoms in total. The summed E-state index contributed by atoms with van der Waals surface area (Å²) in [5.41, 5.74) is 1.21. The number of quaternary nitrogens is 1. The van der Waals surface area contributed by atoms with Gasteiger partial charge in [-0.3, -0.25) is 0 Å². The first kappa shape index (κ1) is 12.7. The average Bonchev–Trinajstić information content (AvgIpc) is 1.91. The first-order chi connectivity index (χ1) is 5.47. The van der Waals surface area contributed by atoms with Crippen molar-refractivity contribution in [3.05, 3.63) is 29.0 Å². The molecule has 0 amide bonds. The van der Waals surface area contributed by atoms with Gasteiger partial charge in [0, 0.05) is 11.8 Å². The lowest BCUT2D eigenvalue weighted by Gasteiger charge is -2.23. The van der Waals surface area contributed by atoms with Gasteiger partial charge in [-0.15, -0.1) is 0 Å². The van der Waals surface area contributed by atoms with Crippen LogP contribution in [0.25, 0.3) is 0 Å². The lowest BCUT2D eigenvalue weighted by Crippen LogP contribution is -3.00. The molecule has 0 bridgehead atoms. The van der Waals surface area contributed by atoms with Gasteiger partial charge in [0.05, 0.1) is 21.1 Å². The number of hydrogen-bond donors (Lipinski definition) is 0. The summed E-state index contributed by atoms with van der Waals surface area (Å²) in [5, 5.41) is 0.556. The molecule has 0 N–H and O–H groups in total. The Morgan fingerprint density at radius 1 is 1.31 bits per heavy atom. The summed E-state index contributed by atoms with van der Waals surface area (Å²) in [4.78, 5) is 4.02. The zero-order chi connectivity index (χ0) is 9.19. The predicted octanol–water partition coefficient (Wildman–Crippen LogP) is -1.05. The highest BCUT2D eigenvalue weighted by Gasteiger charge is 2.07. The third-order valence-corrected chi connectivity index (χ3v) is 1.67. The molecule has 0 saturated heterocycles. The van der Waals surface area contributed by atoms with Crippen molar-refractivity contribution in [2.75, 3.05) is 21.1 Å². The van der Waals surface area contributed by atoms with Crippen molar-refractivity contribution >= 4 is 11.6 Å². The molecule has 0 aliphatic carbocycles. The third kappa shape index (κ3) is 5.09. The van der Waals surface area contributed by atoms with Crippen molar-refractivity contribution in [2.24, 2.45) is 0 Å². The highest BCUT2D eigenvalue weighted by Crippen LogP contribution is 2.08. The van der Waals surface area contributed by atoms with Crippen molar-refractivity contribution in [3.8, 4) is 0 Å². The quantitative estimate of drug-likeness (QED) is 0.458. The van der Waals surface area contributed by atoms with E-state index in [2.05, 4.69) is 26.1 Å². The fourth-order valence-corrected chi connectivity index (χ4v) is 1.16. The molecular weight excluding hydrogens is 207 g/mol. The van der Waals surface area contributed by atoms with Crippen molar-refractivity contribution in [1.82, 2.24) is 4.98 Å². The number of nitrogens with zero attached hydrogens (tertiary/aromatic N) is 2. The van der Waals surface area contributed by atoms with E-state index in [0.717, 1.165) is 11.0 Å². The van der Waals surface area contributed by atoms with Gasteiger partial charge in [-0.2, -0.15) is 0 Å². The van der Waals surface area contributed by atoms with Crippen LogP contribution in [0.4, 0.5) is 0 Å². The summed E-state index contributed by atoms with van der Waals surface area (Å²) >= 11 is 5.67. The first-order valence-electron chi connectivity index (χ1n) is 3.88. The maximum absolute atomic E-state index is 5.67. The molecule has 0 aromatic carbocycles. The molecule has 1 heterocycles. The standard InChI is InChI=1S/C9H14ClN2.ClH/c1-12(2,3)7-8-4-5-9(10)11-6-8;/h4-6H,7H2,1-3H3;1H/q+1;/p-1. The summed E-state index contributed by atoms with van der Waals surface area (Å²) in [6.45, 7) is 0.976. The Labute approximate surface area is 90.5 Å². The van der Waals surface area contributed by atoms with Crippen LogP contribution in [-0.4, -0.2) is 30.6 Å². The fourth-order valence-electron chi connectivity index (χ4n) is 1.05. The second-order valence-corrected chi connectivity index (χ2v) is 4.32. The SMILES string of the molecule is C[N+](C)(C)Cc1ccc(Cl)nc1.[Cl-]. The van der Waals surface area contributed by atoms with Crippen LogP contribution in [0.1, 0.15) is 5.56 Å². The van der Waals surface area contributed by atoms with Gasteiger partial charge in [0.2, 0.25) is 0 Å². The first-order valence-corrected chi connectivity index (χ1v) is 4.26. The Bertz CT molecular complexity index is 251. The molecule has 0 radical (unpaired) electrons. The Balaban J connectivity index is 0.00000144. The summed E-state index contributed by atoms with van der Waals surface area (Å²) in [6, 6.07) is 3.84. The number of rotatable bonds is 2. The molecule has 74 valence electrons. The molecule has 0 fully saturated rings. The van der Waals surface area contributed by atoms with E-state index in [-0.39, 0.29) is 12.4 Å². The van der Waals surface area contributed by atoms with Crippen molar-refractivity contribution in [3.63, 3.8) is 0 Å². The molecule has 0 unspecified atom stereocenters. The molecule has 0 spiro atoms. The molecule has 0 aliphatic heterocycles. The Kier molecular flexibility index (Phi) is 4.68. The normalized spacial score (nSPS) is 10.8. The van der Waals surface area contributed by atoms with E-state index in [1.165, 1.54) is 5.56 Å². The van der Waals surface area contributed by atoms with Crippen LogP contribution in [-0.2, 0) is 6.54 Å². The molecule has 1 rings (SSSR count). The summed E-state index contributed by atoms with van der Waals surface area (Å²) in [7, 11) is 6.44. The third-order valence-electron chi connectivity index (χ3n) is 1.45. The van der Waals surface area contributed by atoms with E-state index in [0.29, 0.717) is 5.15 Å². The topological polar surface area (TPSA) is 12.9 Å². The molecule has 1 aromatic rings. The monoisotopic (exact) mass is 220 g/mol. The van der Waals surface area contributed by atoms with Gasteiger partial charge in [0.1, 0.15) is 11.7 Å². The average molecular weight is 221 g/mol. The van der Waals surface area contributed by atoms with E-state index in [4.69, 9.17) is 11.6 Å². The minimum absolute atomic E-state index is 0. The molecule has 13 heavy (non-hydrogen) atoms. The van der Waals surface area contributed by atoms with Gasteiger partial charge < -0.3 is 16.9 Å². The van der Waals surface area contributed by atoms with Gasteiger partial charge in [-0.05, 0) is 12.1 Å². The number of aromatic nitrogens is 1. The van der Waals surface area contributed by atoms with E-state index in [1.54, 1.807) is 0 Å². The predicted molar refractivity (Wildman–Crippen MR) is 51.0 cm³/mol. The van der Waals surface area contributed by atoms with Crippen LogP contribution in [0.3, 0.4) is 0 Å². The van der Waals surface area contributed by atoms with E-state index in [1.807, 2.05) is 18.3 Å². The van der Waals surface area contributed by atoms with Gasteiger partial charge >= 0.3 is 0 Å². The number of pyridine rings is 1. The number of halogens is 2. The van der Waals surface area contributed by atoms with Crippen molar-refractivity contribution in [1.29, 1.82) is 0 Å². The van der Waals surface area contributed by atoms with E-state index < -0.39 is 0 Å². The lowest BCUT2D eigenvalue weighted by molar-refractivity contribution is -0.884. The molecular formula is C9H14Cl2N2. The maximum atomic E-state index is 5.67. The smallest absolute Gasteiger partial charge is 0.129 e. The lowest BCUT2D eigenvalue weighted by atomic mass is 10.2. The zero-order valence-electron chi connectivity index (χ0n) is 8.09. The molecule has 0 saturated carbocycles. The van der Waals surface area contributed by atoms with Crippen LogP contribution >= 0.6 is 11.6 Å². The summed E-state index contributed by atoms with van der Waals surface area (Å²) in [6.07, 6.45) is 1.83.